The topological polar surface area (TPSA) is 108 Å². The van der Waals surface area contributed by atoms with Crippen molar-refractivity contribution in [2.24, 2.45) is 0 Å². The molecule has 0 unspecified atom stereocenters. The monoisotopic (exact) mass is 247 g/mol. The van der Waals surface area contributed by atoms with E-state index in [9.17, 15) is 20.1 Å². The van der Waals surface area contributed by atoms with Gasteiger partial charge in [0.05, 0.1) is 18.6 Å². The molecule has 4 N–H and O–H groups in total. The molecule has 2 aliphatic heterocycles. The molecule has 6 atom stereocenters. The van der Waals surface area contributed by atoms with E-state index in [1.165, 1.54) is 0 Å². The van der Waals surface area contributed by atoms with Gasteiger partial charge >= 0.3 is 0 Å². The molecule has 2 heterocycles. The molecule has 7 heteroatoms. The van der Waals surface area contributed by atoms with Gasteiger partial charge in [0.1, 0.15) is 18.3 Å². The molecule has 0 bridgehead atoms. The summed E-state index contributed by atoms with van der Waals surface area (Å²) < 4.78 is 10.7. The van der Waals surface area contributed by atoms with Gasteiger partial charge in [-0.05, 0) is 6.92 Å². The van der Waals surface area contributed by atoms with Crippen LogP contribution < -0.4 is 5.32 Å². The fourth-order valence-corrected chi connectivity index (χ4v) is 1.99. The fraction of sp³-hybridized carbons (Fsp3) is 0.900. The highest BCUT2D eigenvalue weighted by Gasteiger charge is 2.43. The maximum atomic E-state index is 11.0. The number of nitrogens with one attached hydrogen (secondary N) is 1. The Hall–Kier alpha value is -0.730. The summed E-state index contributed by atoms with van der Waals surface area (Å²) in [5.74, 6) is -0.117. The van der Waals surface area contributed by atoms with Gasteiger partial charge < -0.3 is 30.1 Å². The molecule has 2 aliphatic rings. The van der Waals surface area contributed by atoms with Crippen molar-refractivity contribution < 1.29 is 29.6 Å². The number of aliphatic hydroxyl groups is 3. The summed E-state index contributed by atoms with van der Waals surface area (Å²) in [7, 11) is 0. The lowest BCUT2D eigenvalue weighted by Crippen LogP contribution is -2.58. The van der Waals surface area contributed by atoms with Gasteiger partial charge in [-0.15, -0.1) is 0 Å². The van der Waals surface area contributed by atoms with Crippen molar-refractivity contribution in [2.75, 3.05) is 6.54 Å². The van der Waals surface area contributed by atoms with Gasteiger partial charge in [-0.25, -0.2) is 0 Å². The Kier molecular flexibility index (Phi) is 3.64. The average Bonchev–Trinajstić information content (AvgIpc) is 2.69. The zero-order valence-corrected chi connectivity index (χ0v) is 9.44. The van der Waals surface area contributed by atoms with Crippen molar-refractivity contribution in [1.82, 2.24) is 5.32 Å². The number of aliphatic hydroxyl groups excluding tert-OH is 3. The van der Waals surface area contributed by atoms with Crippen LogP contribution in [0.1, 0.15) is 13.3 Å². The third-order valence-electron chi connectivity index (χ3n) is 3.07. The van der Waals surface area contributed by atoms with E-state index in [0.717, 1.165) is 0 Å². The first-order valence-corrected chi connectivity index (χ1v) is 5.61. The van der Waals surface area contributed by atoms with Crippen LogP contribution in [0.3, 0.4) is 0 Å². The van der Waals surface area contributed by atoms with Crippen LogP contribution in [0.2, 0.25) is 0 Å². The number of carbonyl (C=O) groups is 1. The maximum Gasteiger partial charge on any atom is 0.222 e. The van der Waals surface area contributed by atoms with Crippen molar-refractivity contribution in [3.63, 3.8) is 0 Å². The van der Waals surface area contributed by atoms with Gasteiger partial charge in [-0.1, -0.05) is 0 Å². The summed E-state index contributed by atoms with van der Waals surface area (Å²) >= 11 is 0. The quantitative estimate of drug-likeness (QED) is 0.438. The number of hydrogen-bond acceptors (Lipinski definition) is 6. The highest BCUT2D eigenvalue weighted by molar-refractivity contribution is 5.78. The lowest BCUT2D eigenvalue weighted by molar-refractivity contribution is -0.302. The highest BCUT2D eigenvalue weighted by Crippen LogP contribution is 2.23. The molecule has 7 nitrogen and oxygen atoms in total. The zero-order valence-electron chi connectivity index (χ0n) is 9.44. The van der Waals surface area contributed by atoms with Crippen molar-refractivity contribution in [1.29, 1.82) is 0 Å². The predicted octanol–water partition coefficient (Wildman–Crippen LogP) is -2.28. The molecule has 0 aromatic heterocycles. The van der Waals surface area contributed by atoms with Crippen LogP contribution in [0.25, 0.3) is 0 Å². The van der Waals surface area contributed by atoms with Crippen LogP contribution in [0.5, 0.6) is 0 Å². The number of ether oxygens (including phenoxy) is 2. The molecule has 2 saturated heterocycles. The van der Waals surface area contributed by atoms with Crippen LogP contribution >= 0.6 is 0 Å². The molecule has 2 rings (SSSR count). The molecule has 0 aromatic carbocycles. The van der Waals surface area contributed by atoms with Crippen LogP contribution in [0.4, 0.5) is 0 Å². The Balaban J connectivity index is 1.94. The predicted molar refractivity (Wildman–Crippen MR) is 54.9 cm³/mol. The lowest BCUT2D eigenvalue weighted by Gasteiger charge is -2.39. The van der Waals surface area contributed by atoms with Crippen LogP contribution in [-0.2, 0) is 14.3 Å². The molecule has 98 valence electrons. The molecular formula is C10H17NO6. The van der Waals surface area contributed by atoms with E-state index in [0.29, 0.717) is 6.54 Å². The van der Waals surface area contributed by atoms with Crippen molar-refractivity contribution in [3.05, 3.63) is 0 Å². The van der Waals surface area contributed by atoms with Gasteiger partial charge in [-0.2, -0.15) is 0 Å². The van der Waals surface area contributed by atoms with E-state index in [1.54, 1.807) is 6.92 Å². The third kappa shape index (κ3) is 2.58. The molecule has 0 aliphatic carbocycles. The van der Waals surface area contributed by atoms with Gasteiger partial charge in [-0.3, -0.25) is 4.79 Å². The van der Waals surface area contributed by atoms with Crippen molar-refractivity contribution in [2.45, 2.75) is 50.2 Å². The minimum absolute atomic E-state index is 0.117. The molecule has 17 heavy (non-hydrogen) atoms. The second kappa shape index (κ2) is 4.87. The number of hydrogen-bond donors (Lipinski definition) is 4. The molecule has 0 spiro atoms. The molecule has 2 fully saturated rings. The molecule has 0 aromatic rings. The first kappa shape index (κ1) is 12.7. The van der Waals surface area contributed by atoms with E-state index in [1.807, 2.05) is 0 Å². The smallest absolute Gasteiger partial charge is 0.222 e. The molecule has 0 saturated carbocycles. The number of rotatable bonds is 2. The largest absolute Gasteiger partial charge is 0.388 e. The summed E-state index contributed by atoms with van der Waals surface area (Å²) in [5.41, 5.74) is 0. The first-order valence-electron chi connectivity index (χ1n) is 5.61. The standard InChI is InChI=1S/C10H17NO6/c1-4-7(13)8(14)9(15)10(16-4)17-5-2-6(12)11-3-5/h4-5,7-10,13-15H,2-3H2,1H3,(H,11,12)/t4-,5+,7-,8+,9+,10-/m0/s1. The van der Waals surface area contributed by atoms with Gasteiger partial charge in [0.25, 0.3) is 0 Å². The van der Waals surface area contributed by atoms with Crippen molar-refractivity contribution >= 4 is 5.91 Å². The van der Waals surface area contributed by atoms with Crippen LogP contribution in [0, 0.1) is 0 Å². The van der Waals surface area contributed by atoms with E-state index in [2.05, 4.69) is 5.32 Å². The first-order chi connectivity index (χ1) is 7.99. The Morgan fingerprint density at radius 3 is 2.59 bits per heavy atom. The highest BCUT2D eigenvalue weighted by atomic mass is 16.7. The van der Waals surface area contributed by atoms with Crippen LogP contribution in [-0.4, -0.2) is 64.6 Å². The Morgan fingerprint density at radius 1 is 1.29 bits per heavy atom. The molecule has 1 amide bonds. The molecular weight excluding hydrogens is 230 g/mol. The normalized spacial score (nSPS) is 46.9. The minimum atomic E-state index is -1.32. The SMILES string of the molecule is C[C@@H]1O[C@@H](O[C@H]2CNC(=O)C2)[C@H](O)[C@H](O)[C@H]1O. The van der Waals surface area contributed by atoms with Gasteiger partial charge in [0, 0.05) is 6.54 Å². The van der Waals surface area contributed by atoms with Crippen LogP contribution in [0.15, 0.2) is 0 Å². The average molecular weight is 247 g/mol. The molecule has 0 radical (unpaired) electrons. The van der Waals surface area contributed by atoms with E-state index < -0.39 is 30.7 Å². The number of carbonyl (C=O) groups excluding carboxylic acids is 1. The fourth-order valence-electron chi connectivity index (χ4n) is 1.99. The summed E-state index contributed by atoms with van der Waals surface area (Å²) in [6, 6.07) is 0. The summed E-state index contributed by atoms with van der Waals surface area (Å²) in [6.45, 7) is 1.94. The lowest BCUT2D eigenvalue weighted by atomic mass is 10.00. The summed E-state index contributed by atoms with van der Waals surface area (Å²) in [5, 5.41) is 31.3. The zero-order chi connectivity index (χ0) is 12.6. The summed E-state index contributed by atoms with van der Waals surface area (Å²) in [6.07, 6.45) is -5.61. The Morgan fingerprint density at radius 2 is 2.00 bits per heavy atom. The van der Waals surface area contributed by atoms with Crippen molar-refractivity contribution in [3.8, 4) is 0 Å². The van der Waals surface area contributed by atoms with E-state index >= 15 is 0 Å². The minimum Gasteiger partial charge on any atom is -0.388 e. The second-order valence-electron chi connectivity index (χ2n) is 4.45. The second-order valence-corrected chi connectivity index (χ2v) is 4.45. The summed E-state index contributed by atoms with van der Waals surface area (Å²) in [4.78, 5) is 11.0. The number of amides is 1. The van der Waals surface area contributed by atoms with Gasteiger partial charge in [0.2, 0.25) is 5.91 Å². The van der Waals surface area contributed by atoms with E-state index in [-0.39, 0.29) is 18.4 Å². The maximum absolute atomic E-state index is 11.0. The Labute approximate surface area is 98.3 Å². The Bertz CT molecular complexity index is 299. The van der Waals surface area contributed by atoms with Gasteiger partial charge in [0.15, 0.2) is 6.29 Å². The van der Waals surface area contributed by atoms with E-state index in [4.69, 9.17) is 9.47 Å². The third-order valence-corrected chi connectivity index (χ3v) is 3.07.